The van der Waals surface area contributed by atoms with Gasteiger partial charge in [0.25, 0.3) is 0 Å². The Morgan fingerprint density at radius 3 is 2.05 bits per heavy atom. The fraction of sp³-hybridized carbons (Fsp3) is 0. The predicted octanol–water partition coefficient (Wildman–Crippen LogP) is -9.97. The number of halogens is 4. The van der Waals surface area contributed by atoms with Gasteiger partial charge in [-0.1, -0.05) is 0 Å². The summed E-state index contributed by atoms with van der Waals surface area (Å²) in [6.07, 6.45) is 3.47. The third kappa shape index (κ3) is 6.23. The van der Waals surface area contributed by atoms with Gasteiger partial charge in [-0.05, 0) is 0 Å². The van der Waals surface area contributed by atoms with Crippen molar-refractivity contribution in [2.75, 3.05) is 0 Å². The van der Waals surface area contributed by atoms with Crippen molar-refractivity contribution in [2.45, 2.75) is 0 Å². The van der Waals surface area contributed by atoms with Crippen molar-refractivity contribution in [1.82, 2.24) is 9.97 Å². The van der Waals surface area contributed by atoms with E-state index in [0.717, 1.165) is 38.0 Å². The first-order chi connectivity index (χ1) is 7.29. The van der Waals surface area contributed by atoms with Gasteiger partial charge >= 0.3 is 100 Å². The maximum atomic E-state index is 7.71. The molecule has 0 saturated carbocycles. The monoisotopic (exact) mass is 503 g/mol. The van der Waals surface area contributed by atoms with Crippen LogP contribution in [0.5, 0.6) is 0 Å². The van der Waals surface area contributed by atoms with Crippen LogP contribution in [-0.2, 0) is 21.1 Å². The molecule has 3 nitrogen and oxygen atoms in total. The topological polar surface area (TPSA) is 49.6 Å². The zero-order valence-corrected chi connectivity index (χ0v) is 15.6. The zero-order chi connectivity index (χ0) is 10.7. The minimum absolute atomic E-state index is 0. The van der Waals surface area contributed by atoms with Crippen molar-refractivity contribution in [3.05, 3.63) is 48.3 Å². The van der Waals surface area contributed by atoms with Gasteiger partial charge in [0.05, 0.1) is 0 Å². The number of pyridine rings is 2. The summed E-state index contributed by atoms with van der Waals surface area (Å²) in [7, 11) is 0. The van der Waals surface area contributed by atoms with E-state index in [1.165, 1.54) is 0 Å². The second-order valence-corrected chi connectivity index (χ2v) is 4.57. The van der Waals surface area contributed by atoms with Crippen LogP contribution in [0.3, 0.4) is 0 Å². The number of nitrogens with zero attached hydrogens (tertiary/aromatic N) is 2. The molecule has 19 heavy (non-hydrogen) atoms. The van der Waals surface area contributed by atoms with Gasteiger partial charge in [0.15, 0.2) is 0 Å². The van der Waals surface area contributed by atoms with Crippen molar-refractivity contribution >= 4 is 3.93 Å². The first-order valence-corrected chi connectivity index (χ1v) is 6.04. The third-order valence-corrected chi connectivity index (χ3v) is 2.84. The molecule has 2 heterocycles. The molecule has 0 aliphatic carbocycles. The van der Waals surface area contributed by atoms with E-state index < -0.39 is 0 Å². The standard InChI is InChI=1S/C11H8N3.4ClH.Ta/c12-8-9-4-3-7-14-11(9)10-5-1-2-6-13-10;;;;;/h1-7,12H;4*1H;/q;;;;;+4/p-4. The summed E-state index contributed by atoms with van der Waals surface area (Å²) in [6, 6.07) is 9.47. The quantitative estimate of drug-likeness (QED) is 0.413. The van der Waals surface area contributed by atoms with Crippen molar-refractivity contribution in [1.29, 1.82) is 5.41 Å². The zero-order valence-electron chi connectivity index (χ0n) is 9.39. The van der Waals surface area contributed by atoms with Gasteiger partial charge in [0, 0.05) is 0 Å². The Kier molecular flexibility index (Phi) is 14.7. The van der Waals surface area contributed by atoms with Gasteiger partial charge in [-0.3, -0.25) is 0 Å². The first-order valence-electron chi connectivity index (χ1n) is 4.43. The minimum Gasteiger partial charge on any atom is -1.00 e. The van der Waals surface area contributed by atoms with Crippen LogP contribution in [-0.4, -0.2) is 13.9 Å². The number of aromatic nitrogens is 2. The van der Waals surface area contributed by atoms with Crippen LogP contribution < -0.4 is 49.6 Å². The van der Waals surface area contributed by atoms with Gasteiger partial charge in [0.2, 0.25) is 0 Å². The smallest absolute Gasteiger partial charge is 1.00 e. The molecule has 2 aromatic rings. The molecule has 0 aromatic carbocycles. The molecule has 0 aliphatic heterocycles. The van der Waals surface area contributed by atoms with Crippen LogP contribution in [0.1, 0.15) is 5.56 Å². The van der Waals surface area contributed by atoms with E-state index >= 15 is 0 Å². The summed E-state index contributed by atoms with van der Waals surface area (Å²) < 4.78 is 0.615. The number of hydrogen-bond donors (Lipinski definition) is 1. The second kappa shape index (κ2) is 11.7. The summed E-state index contributed by atoms with van der Waals surface area (Å²) >= 11 is 0.928. The molecule has 0 spiro atoms. The van der Waals surface area contributed by atoms with E-state index in [4.69, 9.17) is 5.41 Å². The maximum absolute atomic E-state index is 7.71. The SMILES string of the molecule is N=[C]([Ta+4])c1cccnc1-c1ccccn1.[Cl-].[Cl-].[Cl-].[Cl-]. The van der Waals surface area contributed by atoms with Crippen molar-refractivity contribution in [2.24, 2.45) is 0 Å². The van der Waals surface area contributed by atoms with Crippen LogP contribution >= 0.6 is 0 Å². The van der Waals surface area contributed by atoms with Crippen LogP contribution in [0.4, 0.5) is 0 Å². The van der Waals surface area contributed by atoms with E-state index in [1.807, 2.05) is 30.3 Å². The first kappa shape index (κ1) is 23.9. The minimum atomic E-state index is 0. The Hall–Kier alpha value is -0.130. The Morgan fingerprint density at radius 2 is 1.53 bits per heavy atom. The van der Waals surface area contributed by atoms with Gasteiger partial charge in [-0.2, -0.15) is 0 Å². The van der Waals surface area contributed by atoms with Crippen molar-refractivity contribution in [3.8, 4) is 11.4 Å². The summed E-state index contributed by atoms with van der Waals surface area (Å²) in [5.41, 5.74) is 2.50. The van der Waals surface area contributed by atoms with Gasteiger partial charge in [-0.25, -0.2) is 0 Å². The molecule has 100 valence electrons. The summed E-state index contributed by atoms with van der Waals surface area (Å²) in [5, 5.41) is 7.71. The summed E-state index contributed by atoms with van der Waals surface area (Å²) in [6.45, 7) is 0. The van der Waals surface area contributed by atoms with Crippen LogP contribution in [0.15, 0.2) is 42.7 Å². The molecule has 0 aliphatic rings. The number of rotatable bonds is 2. The molecule has 2 rings (SSSR count). The average Bonchev–Trinajstić information content (AvgIpc) is 2.30. The second-order valence-electron chi connectivity index (χ2n) is 2.96. The molecule has 0 amide bonds. The molecular weight excluding hydrogens is 497 g/mol. The Labute approximate surface area is 149 Å². The van der Waals surface area contributed by atoms with E-state index in [2.05, 4.69) is 9.97 Å². The molecule has 0 unspecified atom stereocenters. The summed E-state index contributed by atoms with van der Waals surface area (Å²) in [5.74, 6) is 0. The van der Waals surface area contributed by atoms with Crippen LogP contribution in [0.25, 0.3) is 11.4 Å². The van der Waals surface area contributed by atoms with E-state index in [0.29, 0.717) is 3.93 Å². The van der Waals surface area contributed by atoms with Gasteiger partial charge in [0.1, 0.15) is 0 Å². The molecule has 0 radical (unpaired) electrons. The van der Waals surface area contributed by atoms with Gasteiger partial charge in [-0.15, -0.1) is 0 Å². The Morgan fingerprint density at radius 1 is 0.895 bits per heavy atom. The van der Waals surface area contributed by atoms with Crippen LogP contribution in [0.2, 0.25) is 0 Å². The molecule has 0 atom stereocenters. The number of nitrogens with one attached hydrogen (secondary N) is 1. The van der Waals surface area contributed by atoms with E-state index in [9.17, 15) is 0 Å². The van der Waals surface area contributed by atoms with Crippen molar-refractivity contribution < 1.29 is 70.7 Å². The molecule has 2 aromatic heterocycles. The normalized spacial score (nSPS) is 7.89. The largest absolute Gasteiger partial charge is 1.00 e. The van der Waals surface area contributed by atoms with E-state index in [-0.39, 0.29) is 49.6 Å². The van der Waals surface area contributed by atoms with Crippen LogP contribution in [0, 0.1) is 5.41 Å². The van der Waals surface area contributed by atoms with Gasteiger partial charge < -0.3 is 49.6 Å². The predicted molar refractivity (Wildman–Crippen MR) is 54.3 cm³/mol. The third-order valence-electron chi connectivity index (χ3n) is 1.97. The number of hydrogen-bond acceptors (Lipinski definition) is 3. The maximum Gasteiger partial charge on any atom is -1.00 e. The molecule has 8 heteroatoms. The molecule has 0 saturated heterocycles. The molecule has 0 fully saturated rings. The molecule has 1 N–H and O–H groups in total. The van der Waals surface area contributed by atoms with E-state index in [1.54, 1.807) is 12.4 Å². The fourth-order valence-electron chi connectivity index (χ4n) is 1.30. The Balaban J connectivity index is -0.000000640. The molecular formula is C11H8Cl4N3Ta. The summed E-state index contributed by atoms with van der Waals surface area (Å²) in [4.78, 5) is 8.53. The molecule has 0 bridgehead atoms. The Bertz CT molecular complexity index is 496. The van der Waals surface area contributed by atoms with Crippen molar-refractivity contribution in [3.63, 3.8) is 0 Å². The fourth-order valence-corrected chi connectivity index (χ4v) is 1.95. The average molecular weight is 505 g/mol.